The number of benzene rings is 4. The Morgan fingerprint density at radius 3 is 2.00 bits per heavy atom. The summed E-state index contributed by atoms with van der Waals surface area (Å²) in [7, 11) is 0. The zero-order valence-electron chi connectivity index (χ0n) is 21.2. The molecule has 0 unspecified atom stereocenters. The third-order valence-corrected chi connectivity index (χ3v) is 7.69. The summed E-state index contributed by atoms with van der Waals surface area (Å²) in [4.78, 5) is 0. The largest absolute Gasteiger partial charge is 0.461 e. The van der Waals surface area contributed by atoms with Gasteiger partial charge in [0.25, 0.3) is 0 Å². The monoisotopic (exact) mass is 486 g/mol. The van der Waals surface area contributed by atoms with Gasteiger partial charge in [-0.25, -0.2) is 0 Å². The van der Waals surface area contributed by atoms with E-state index in [1.165, 1.54) is 49.3 Å². The average molecular weight is 487 g/mol. The van der Waals surface area contributed by atoms with Gasteiger partial charge in [-0.1, -0.05) is 57.2 Å². The van der Waals surface area contributed by atoms with Crippen LogP contribution in [0.4, 0.5) is 0 Å². The molecule has 0 atom stereocenters. The van der Waals surface area contributed by atoms with Crippen LogP contribution in [0.25, 0.3) is 66.0 Å². The molecule has 3 heteroatoms. The van der Waals surface area contributed by atoms with Crippen molar-refractivity contribution in [3.8, 4) is 11.3 Å². The molecule has 7 aromatic rings. The highest BCUT2D eigenvalue weighted by molar-refractivity contribution is 6.27. The quantitative estimate of drug-likeness (QED) is 0.201. The fourth-order valence-electron chi connectivity index (χ4n) is 5.81. The van der Waals surface area contributed by atoms with E-state index in [2.05, 4.69) is 73.7 Å². The predicted molar refractivity (Wildman–Crippen MR) is 153 cm³/mol. The third kappa shape index (κ3) is 3.81. The maximum atomic E-state index is 6.28. The second kappa shape index (κ2) is 9.15. The van der Waals surface area contributed by atoms with Gasteiger partial charge in [-0.3, -0.25) is 0 Å². The maximum absolute atomic E-state index is 6.28. The van der Waals surface area contributed by atoms with Crippen LogP contribution >= 0.6 is 0 Å². The summed E-state index contributed by atoms with van der Waals surface area (Å²) in [6.07, 6.45) is 8.76. The number of para-hydroxylation sites is 1. The van der Waals surface area contributed by atoms with E-state index in [0.717, 1.165) is 67.4 Å². The molecule has 3 aromatic heterocycles. The van der Waals surface area contributed by atoms with Crippen molar-refractivity contribution in [1.82, 2.24) is 0 Å². The van der Waals surface area contributed by atoms with Gasteiger partial charge in [-0.15, -0.1) is 0 Å². The van der Waals surface area contributed by atoms with Crippen LogP contribution < -0.4 is 0 Å². The van der Waals surface area contributed by atoms with E-state index in [1.54, 1.807) is 0 Å². The molecule has 7 rings (SSSR count). The van der Waals surface area contributed by atoms with Crippen molar-refractivity contribution >= 4 is 54.6 Å². The highest BCUT2D eigenvalue weighted by atomic mass is 16.3. The minimum Gasteiger partial charge on any atom is -0.461 e. The number of furan rings is 3. The molecular weight excluding hydrogens is 456 g/mol. The fraction of sp³-hybridized carbons (Fsp3) is 0.235. The Morgan fingerprint density at radius 2 is 1.19 bits per heavy atom. The van der Waals surface area contributed by atoms with Gasteiger partial charge in [-0.2, -0.15) is 0 Å². The molecule has 0 aliphatic rings. The third-order valence-electron chi connectivity index (χ3n) is 7.69. The van der Waals surface area contributed by atoms with E-state index in [-0.39, 0.29) is 0 Å². The number of hydrogen-bond acceptors (Lipinski definition) is 3. The summed E-state index contributed by atoms with van der Waals surface area (Å²) >= 11 is 0. The molecule has 3 heterocycles. The van der Waals surface area contributed by atoms with E-state index < -0.39 is 0 Å². The Kier molecular flexibility index (Phi) is 5.50. The van der Waals surface area contributed by atoms with Gasteiger partial charge in [-0.05, 0) is 77.9 Å². The lowest BCUT2D eigenvalue weighted by molar-refractivity contribution is 0.502. The summed E-state index contributed by atoms with van der Waals surface area (Å²) in [6.45, 7) is 2.26. The maximum Gasteiger partial charge on any atom is 0.136 e. The van der Waals surface area contributed by atoms with Gasteiger partial charge in [0.2, 0.25) is 0 Å². The molecule has 0 spiro atoms. The van der Waals surface area contributed by atoms with E-state index >= 15 is 0 Å². The van der Waals surface area contributed by atoms with Gasteiger partial charge in [0.1, 0.15) is 33.9 Å². The molecule has 37 heavy (non-hydrogen) atoms. The van der Waals surface area contributed by atoms with Crippen LogP contribution in [0.1, 0.15) is 51.2 Å². The Labute approximate surface area is 215 Å². The molecule has 0 aliphatic carbocycles. The second-order valence-corrected chi connectivity index (χ2v) is 10.2. The number of unbranched alkanes of at least 4 members (excludes halogenated alkanes) is 5. The van der Waals surface area contributed by atoms with Crippen molar-refractivity contribution < 1.29 is 13.3 Å². The molecule has 0 amide bonds. The van der Waals surface area contributed by atoms with E-state index in [0.29, 0.717) is 0 Å². The minimum absolute atomic E-state index is 0.891. The smallest absolute Gasteiger partial charge is 0.136 e. The van der Waals surface area contributed by atoms with Crippen LogP contribution in [0, 0.1) is 0 Å². The molecule has 0 aliphatic heterocycles. The Bertz CT molecular complexity index is 1880. The van der Waals surface area contributed by atoms with Crippen molar-refractivity contribution in [2.45, 2.75) is 51.9 Å². The first-order valence-corrected chi connectivity index (χ1v) is 13.6. The van der Waals surface area contributed by atoms with Crippen LogP contribution in [-0.4, -0.2) is 0 Å². The van der Waals surface area contributed by atoms with Gasteiger partial charge < -0.3 is 13.3 Å². The lowest BCUT2D eigenvalue weighted by Gasteiger charge is -2.03. The van der Waals surface area contributed by atoms with Crippen LogP contribution in [0.15, 0.2) is 92.1 Å². The van der Waals surface area contributed by atoms with Gasteiger partial charge in [0.15, 0.2) is 0 Å². The molecule has 0 N–H and O–H groups in total. The molecule has 0 fully saturated rings. The fourth-order valence-corrected chi connectivity index (χ4v) is 5.81. The lowest BCUT2D eigenvalue weighted by Crippen LogP contribution is -1.83. The Balaban J connectivity index is 1.28. The summed E-state index contributed by atoms with van der Waals surface area (Å²) in [5.74, 6) is 1.99. The van der Waals surface area contributed by atoms with Crippen molar-refractivity contribution in [2.75, 3.05) is 0 Å². The average Bonchev–Trinajstić information content (AvgIpc) is 3.65. The molecule has 3 nitrogen and oxygen atoms in total. The van der Waals surface area contributed by atoms with Crippen LogP contribution in [0.5, 0.6) is 0 Å². The first-order chi connectivity index (χ1) is 18.3. The van der Waals surface area contributed by atoms with Crippen molar-refractivity contribution in [2.24, 2.45) is 0 Å². The van der Waals surface area contributed by atoms with Crippen molar-refractivity contribution in [1.29, 1.82) is 0 Å². The zero-order chi connectivity index (χ0) is 24.8. The topological polar surface area (TPSA) is 39.4 Å². The number of aryl methyl sites for hydroxylation is 1. The van der Waals surface area contributed by atoms with E-state index in [4.69, 9.17) is 13.3 Å². The lowest BCUT2D eigenvalue weighted by atomic mass is 9.99. The minimum atomic E-state index is 0.891. The number of hydrogen-bond donors (Lipinski definition) is 0. The Morgan fingerprint density at radius 1 is 0.514 bits per heavy atom. The molecule has 0 saturated carbocycles. The standard InChI is InChI=1S/C34H30O3/c1-2-3-4-5-6-7-10-23-14-18-28(35-23)22-13-17-30-27(21-22)34-25-16-19-31-33(24(25)15-20-32(34)37-30)26-11-8-9-12-29(26)36-31/h8-9,11-21H,2-7,10H2,1H3. The molecule has 0 saturated heterocycles. The van der Waals surface area contributed by atoms with E-state index in [9.17, 15) is 0 Å². The van der Waals surface area contributed by atoms with Crippen LogP contribution in [0.3, 0.4) is 0 Å². The normalized spacial score (nSPS) is 12.1. The SMILES string of the molecule is CCCCCCCCc1ccc(-c2ccc3oc4ccc5c(ccc6oc7ccccc7c65)c4c3c2)o1. The Hall–Kier alpha value is -3.98. The highest BCUT2D eigenvalue weighted by Gasteiger charge is 2.16. The summed E-state index contributed by atoms with van der Waals surface area (Å²) in [5.41, 5.74) is 4.70. The number of fused-ring (bicyclic) bond motifs is 9. The molecular formula is C34H30O3. The van der Waals surface area contributed by atoms with E-state index in [1.807, 2.05) is 12.1 Å². The van der Waals surface area contributed by atoms with Gasteiger partial charge in [0.05, 0.1) is 0 Å². The molecule has 0 bridgehead atoms. The highest BCUT2D eigenvalue weighted by Crippen LogP contribution is 2.41. The first-order valence-electron chi connectivity index (χ1n) is 13.6. The summed E-state index contributed by atoms with van der Waals surface area (Å²) in [6, 6.07) is 27.4. The number of rotatable bonds is 8. The molecule has 184 valence electrons. The summed E-state index contributed by atoms with van der Waals surface area (Å²) in [5, 5.41) is 6.91. The van der Waals surface area contributed by atoms with Crippen LogP contribution in [-0.2, 0) is 6.42 Å². The second-order valence-electron chi connectivity index (χ2n) is 10.2. The summed E-state index contributed by atoms with van der Waals surface area (Å²) < 4.78 is 18.7. The van der Waals surface area contributed by atoms with Gasteiger partial charge >= 0.3 is 0 Å². The van der Waals surface area contributed by atoms with Gasteiger partial charge in [0, 0.05) is 33.5 Å². The zero-order valence-corrected chi connectivity index (χ0v) is 21.2. The van der Waals surface area contributed by atoms with Crippen LogP contribution in [0.2, 0.25) is 0 Å². The molecule has 4 aromatic carbocycles. The predicted octanol–water partition coefficient (Wildman–Crippen LogP) is 10.8. The van der Waals surface area contributed by atoms with Crippen molar-refractivity contribution in [3.05, 3.63) is 84.6 Å². The molecule has 0 radical (unpaired) electrons. The van der Waals surface area contributed by atoms with Crippen molar-refractivity contribution in [3.63, 3.8) is 0 Å². The first kappa shape index (κ1) is 22.2.